The van der Waals surface area contributed by atoms with Crippen molar-refractivity contribution in [3.63, 3.8) is 0 Å². The Kier molecular flexibility index (Phi) is 8.75. The van der Waals surface area contributed by atoms with Gasteiger partial charge in [-0.2, -0.15) is 0 Å². The minimum atomic E-state index is -0.908. The number of aliphatic carboxylic acids is 1. The van der Waals surface area contributed by atoms with Gasteiger partial charge in [-0.15, -0.1) is 0 Å². The third-order valence-corrected chi connectivity index (χ3v) is 7.29. The van der Waals surface area contributed by atoms with E-state index in [1.165, 1.54) is 0 Å². The summed E-state index contributed by atoms with van der Waals surface area (Å²) in [6.07, 6.45) is 1.50. The highest BCUT2D eigenvalue weighted by Crippen LogP contribution is 2.34. The molecule has 6 nitrogen and oxygen atoms in total. The molecule has 0 unspecified atom stereocenters. The van der Waals surface area contributed by atoms with Gasteiger partial charge in [0.1, 0.15) is 12.4 Å². The molecule has 38 heavy (non-hydrogen) atoms. The molecule has 1 amide bonds. The lowest BCUT2D eigenvalue weighted by atomic mass is 9.81. The minimum absolute atomic E-state index is 0.0644. The van der Waals surface area contributed by atoms with Crippen molar-refractivity contribution in [3.8, 4) is 5.75 Å². The first kappa shape index (κ1) is 27.7. The fourth-order valence-electron chi connectivity index (χ4n) is 5.01. The van der Waals surface area contributed by atoms with E-state index in [1.807, 2.05) is 31.2 Å². The molecule has 1 aliphatic heterocycles. The molecule has 0 spiro atoms. The molecule has 1 aliphatic rings. The first-order valence-corrected chi connectivity index (χ1v) is 13.2. The van der Waals surface area contributed by atoms with Crippen LogP contribution in [0.15, 0.2) is 54.6 Å². The summed E-state index contributed by atoms with van der Waals surface area (Å²) in [7, 11) is 0. The van der Waals surface area contributed by atoms with Crippen molar-refractivity contribution in [1.82, 2.24) is 5.32 Å². The van der Waals surface area contributed by atoms with Crippen molar-refractivity contribution in [1.29, 1.82) is 0 Å². The van der Waals surface area contributed by atoms with E-state index in [9.17, 15) is 14.7 Å². The van der Waals surface area contributed by atoms with Gasteiger partial charge < -0.3 is 19.9 Å². The number of ether oxygens (including phenoxy) is 2. The summed E-state index contributed by atoms with van der Waals surface area (Å²) in [5.74, 6) is -0.570. The lowest BCUT2D eigenvalue weighted by molar-refractivity contribution is -0.136. The lowest BCUT2D eigenvalue weighted by Crippen LogP contribution is -2.49. The average Bonchev–Trinajstić information content (AvgIpc) is 2.88. The molecule has 1 saturated heterocycles. The van der Waals surface area contributed by atoms with Crippen LogP contribution < -0.4 is 10.1 Å². The van der Waals surface area contributed by atoms with Crippen LogP contribution in [0.5, 0.6) is 5.75 Å². The maximum atomic E-state index is 13.9. The number of rotatable bonds is 9. The second-order valence-electron chi connectivity index (χ2n) is 10.1. The third kappa shape index (κ3) is 6.74. The van der Waals surface area contributed by atoms with Crippen molar-refractivity contribution in [2.45, 2.75) is 58.6 Å². The Hall–Kier alpha value is -3.35. The molecular weight excluding hydrogens is 502 g/mol. The van der Waals surface area contributed by atoms with Crippen molar-refractivity contribution < 1.29 is 24.2 Å². The van der Waals surface area contributed by atoms with Gasteiger partial charge in [-0.05, 0) is 80.5 Å². The smallest absolute Gasteiger partial charge is 0.303 e. The number of amides is 1. The fourth-order valence-corrected chi connectivity index (χ4v) is 5.18. The van der Waals surface area contributed by atoms with Crippen molar-refractivity contribution in [3.05, 3.63) is 98.6 Å². The van der Waals surface area contributed by atoms with E-state index >= 15 is 0 Å². The molecule has 3 aromatic rings. The number of carbonyl (C=O) groups is 2. The van der Waals surface area contributed by atoms with Crippen LogP contribution in [-0.2, 0) is 28.1 Å². The second-order valence-corrected chi connectivity index (χ2v) is 10.5. The summed E-state index contributed by atoms with van der Waals surface area (Å²) >= 11 is 6.29. The van der Waals surface area contributed by atoms with Gasteiger partial charge in [0, 0.05) is 25.2 Å². The van der Waals surface area contributed by atoms with Gasteiger partial charge in [0.05, 0.1) is 10.6 Å². The normalized spacial score (nSPS) is 14.6. The van der Waals surface area contributed by atoms with Crippen LogP contribution in [0.4, 0.5) is 0 Å². The second kappa shape index (κ2) is 12.0. The fraction of sp³-hybridized carbons (Fsp3) is 0.355. The molecule has 0 aromatic heterocycles. The van der Waals surface area contributed by atoms with Crippen LogP contribution >= 0.6 is 11.6 Å². The average molecular weight is 536 g/mol. The van der Waals surface area contributed by atoms with Crippen LogP contribution in [0, 0.1) is 20.8 Å². The van der Waals surface area contributed by atoms with Crippen molar-refractivity contribution in [2.75, 3.05) is 13.2 Å². The lowest BCUT2D eigenvalue weighted by Gasteiger charge is -2.39. The van der Waals surface area contributed by atoms with Crippen molar-refractivity contribution >= 4 is 23.5 Å². The molecule has 1 fully saturated rings. The number of hydrogen-bond donors (Lipinski definition) is 2. The Balaban J connectivity index is 1.65. The molecule has 7 heteroatoms. The molecule has 200 valence electrons. The zero-order chi connectivity index (χ0) is 27.3. The molecule has 1 heterocycles. The van der Waals surface area contributed by atoms with Gasteiger partial charge >= 0.3 is 5.97 Å². The highest BCUT2D eigenvalue weighted by molar-refractivity contribution is 6.32. The molecule has 4 rings (SSSR count). The Morgan fingerprint density at radius 1 is 0.974 bits per heavy atom. The number of carboxylic acid groups (broad SMARTS) is 1. The predicted molar refractivity (Wildman–Crippen MR) is 148 cm³/mol. The summed E-state index contributed by atoms with van der Waals surface area (Å²) in [6.45, 7) is 7.39. The maximum Gasteiger partial charge on any atom is 0.303 e. The van der Waals surface area contributed by atoms with Crippen LogP contribution in [0.1, 0.15) is 63.0 Å². The van der Waals surface area contributed by atoms with Gasteiger partial charge in [-0.3, -0.25) is 9.59 Å². The van der Waals surface area contributed by atoms with Gasteiger partial charge in [0.25, 0.3) is 5.91 Å². The van der Waals surface area contributed by atoms with E-state index in [1.54, 1.807) is 12.1 Å². The summed E-state index contributed by atoms with van der Waals surface area (Å²) in [6, 6.07) is 17.4. The summed E-state index contributed by atoms with van der Waals surface area (Å²) < 4.78 is 11.6. The highest BCUT2D eigenvalue weighted by atomic mass is 35.5. The first-order valence-electron chi connectivity index (χ1n) is 12.9. The molecule has 3 aromatic carbocycles. The number of benzene rings is 3. The number of carbonyl (C=O) groups excluding carboxylic acids is 1. The monoisotopic (exact) mass is 535 g/mol. The Bertz CT molecular complexity index is 1310. The minimum Gasteiger partial charge on any atom is -0.487 e. The van der Waals surface area contributed by atoms with E-state index in [2.05, 4.69) is 37.4 Å². The van der Waals surface area contributed by atoms with E-state index in [4.69, 9.17) is 21.1 Å². The third-order valence-electron chi connectivity index (χ3n) is 6.98. The zero-order valence-corrected chi connectivity index (χ0v) is 22.9. The summed E-state index contributed by atoms with van der Waals surface area (Å²) in [5, 5.41) is 13.1. The molecule has 0 atom stereocenters. The van der Waals surface area contributed by atoms with E-state index in [0.717, 1.165) is 27.8 Å². The SMILES string of the molecule is Cc1cc(C)cc(C2(NC(=O)c3cc(COc4cc(C)ccc4Cl)ccc3CCC(=O)O)CCOCC2)c1. The molecule has 0 aliphatic carbocycles. The Labute approximate surface area is 228 Å². The van der Waals surface area contributed by atoms with Crippen molar-refractivity contribution in [2.24, 2.45) is 0 Å². The number of halogens is 1. The van der Waals surface area contributed by atoms with Gasteiger partial charge in [-0.1, -0.05) is 59.1 Å². The summed E-state index contributed by atoms with van der Waals surface area (Å²) in [5.41, 5.74) is 5.72. The number of aryl methyl sites for hydroxylation is 4. The van der Waals surface area contributed by atoms with E-state index < -0.39 is 11.5 Å². The largest absolute Gasteiger partial charge is 0.487 e. The standard InChI is InChI=1S/C31H34ClNO5/c1-20-4-8-27(32)28(17-20)38-19-23-5-6-24(7-9-29(34)35)26(18-23)30(36)33-31(10-12-37-13-11-31)25-15-21(2)14-22(3)16-25/h4-6,8,14-18H,7,9-13,19H2,1-3H3,(H,33,36)(H,34,35). The van der Waals surface area contributed by atoms with E-state index in [0.29, 0.717) is 48.0 Å². The first-order chi connectivity index (χ1) is 18.1. The van der Waals surface area contributed by atoms with Crippen LogP contribution in [0.3, 0.4) is 0 Å². The Morgan fingerprint density at radius 3 is 2.37 bits per heavy atom. The molecule has 0 bridgehead atoms. The molecule has 0 radical (unpaired) electrons. The number of hydrogen-bond acceptors (Lipinski definition) is 4. The molecule has 2 N–H and O–H groups in total. The van der Waals surface area contributed by atoms with Crippen LogP contribution in [-0.4, -0.2) is 30.2 Å². The molecule has 0 saturated carbocycles. The Morgan fingerprint density at radius 2 is 1.68 bits per heavy atom. The van der Waals surface area contributed by atoms with Crippen LogP contribution in [0.25, 0.3) is 0 Å². The van der Waals surface area contributed by atoms with Crippen LogP contribution in [0.2, 0.25) is 5.02 Å². The van der Waals surface area contributed by atoms with E-state index in [-0.39, 0.29) is 25.4 Å². The predicted octanol–water partition coefficient (Wildman–Crippen LogP) is 6.30. The molecular formula is C31H34ClNO5. The van der Waals surface area contributed by atoms with Gasteiger partial charge in [0.2, 0.25) is 0 Å². The zero-order valence-electron chi connectivity index (χ0n) is 22.1. The maximum absolute atomic E-state index is 13.9. The number of carboxylic acids is 1. The quantitative estimate of drug-likeness (QED) is 0.336. The summed E-state index contributed by atoms with van der Waals surface area (Å²) in [4.78, 5) is 25.2. The van der Waals surface area contributed by atoms with Gasteiger partial charge in [-0.25, -0.2) is 0 Å². The highest BCUT2D eigenvalue weighted by Gasteiger charge is 2.37. The topological polar surface area (TPSA) is 84.9 Å². The number of nitrogens with one attached hydrogen (secondary N) is 1. The van der Waals surface area contributed by atoms with Gasteiger partial charge in [0.15, 0.2) is 0 Å².